The van der Waals surface area contributed by atoms with Gasteiger partial charge < -0.3 is 9.47 Å². The normalized spacial score (nSPS) is 11.9. The van der Waals surface area contributed by atoms with Gasteiger partial charge in [0.1, 0.15) is 6.61 Å². The number of fused-ring (bicyclic) bond motifs is 3. The number of para-hydroxylation sites is 2. The number of halogens is 1. The molecule has 0 spiro atoms. The Kier molecular flexibility index (Phi) is 5.76. The molecule has 3 aromatic carbocycles. The Hall–Kier alpha value is -3.76. The first-order valence-electron chi connectivity index (χ1n) is 10.1. The van der Waals surface area contributed by atoms with Crippen LogP contribution in [0.5, 0.6) is 11.5 Å². The van der Waals surface area contributed by atoms with Crippen LogP contribution in [0.3, 0.4) is 0 Å². The molecule has 5 aromatic rings. The minimum absolute atomic E-state index is 0.000527. The molecule has 0 amide bonds. The predicted octanol–water partition coefficient (Wildman–Crippen LogP) is 4.72. The van der Waals surface area contributed by atoms with Crippen molar-refractivity contribution in [1.29, 1.82) is 0 Å². The summed E-state index contributed by atoms with van der Waals surface area (Å²) in [6.07, 6.45) is 1.79. The Labute approximate surface area is 205 Å². The average Bonchev–Trinajstić information content (AvgIpc) is 3.34. The van der Waals surface area contributed by atoms with Gasteiger partial charge >= 0.3 is 0 Å². The van der Waals surface area contributed by atoms with E-state index < -0.39 is 4.92 Å². The van der Waals surface area contributed by atoms with Gasteiger partial charge in [-0.2, -0.15) is 0 Å². The van der Waals surface area contributed by atoms with E-state index in [1.54, 1.807) is 28.7 Å². The maximum Gasteiger partial charge on any atom is 0.274 e. The topological polar surface area (TPSA) is 96.0 Å². The Balaban J connectivity index is 1.49. The Morgan fingerprint density at radius 3 is 2.79 bits per heavy atom. The number of ether oxygens (including phenoxy) is 2. The summed E-state index contributed by atoms with van der Waals surface area (Å²) in [6.45, 7) is 0.125. The fraction of sp³-hybridized carbons (Fsp3) is 0.0833. The maximum absolute atomic E-state index is 13.0. The van der Waals surface area contributed by atoms with E-state index in [1.165, 1.54) is 30.6 Å². The van der Waals surface area contributed by atoms with Crippen LogP contribution in [-0.2, 0) is 6.61 Å². The number of nitro groups is 1. The van der Waals surface area contributed by atoms with Gasteiger partial charge in [-0.25, -0.2) is 9.38 Å². The molecule has 8 nitrogen and oxygen atoms in total. The van der Waals surface area contributed by atoms with Crippen LogP contribution in [-0.4, -0.2) is 21.4 Å². The first kappa shape index (κ1) is 22.1. The van der Waals surface area contributed by atoms with E-state index >= 15 is 0 Å². The van der Waals surface area contributed by atoms with Gasteiger partial charge in [0.2, 0.25) is 0 Å². The second kappa shape index (κ2) is 8.88. The van der Waals surface area contributed by atoms with Crippen LogP contribution in [0.2, 0.25) is 0 Å². The van der Waals surface area contributed by atoms with Gasteiger partial charge in [-0.05, 0) is 57.4 Å². The van der Waals surface area contributed by atoms with Gasteiger partial charge in [0.25, 0.3) is 11.2 Å². The van der Waals surface area contributed by atoms with E-state index in [0.29, 0.717) is 31.0 Å². The third-order valence-corrected chi connectivity index (χ3v) is 6.76. The molecule has 34 heavy (non-hydrogen) atoms. The lowest BCUT2D eigenvalue weighted by Crippen LogP contribution is -2.22. The summed E-state index contributed by atoms with van der Waals surface area (Å²) in [5.74, 6) is 0.922. The lowest BCUT2D eigenvalue weighted by Gasteiger charge is -2.13. The second-order valence-corrected chi connectivity index (χ2v) is 9.25. The predicted molar refractivity (Wildman–Crippen MR) is 134 cm³/mol. The fourth-order valence-electron chi connectivity index (χ4n) is 3.64. The van der Waals surface area contributed by atoms with Crippen molar-refractivity contribution < 1.29 is 14.4 Å². The molecule has 0 unspecified atom stereocenters. The molecule has 10 heteroatoms. The quantitative estimate of drug-likeness (QED) is 0.230. The molecule has 0 saturated heterocycles. The van der Waals surface area contributed by atoms with E-state index in [0.717, 1.165) is 16.6 Å². The van der Waals surface area contributed by atoms with Gasteiger partial charge in [-0.1, -0.05) is 35.6 Å². The first-order valence-corrected chi connectivity index (χ1v) is 11.7. The van der Waals surface area contributed by atoms with Gasteiger partial charge in [0.05, 0.1) is 32.1 Å². The number of hydrogen-bond acceptors (Lipinski definition) is 7. The molecule has 2 heterocycles. The second-order valence-electron chi connectivity index (χ2n) is 7.38. The van der Waals surface area contributed by atoms with E-state index in [1.807, 2.05) is 30.3 Å². The lowest BCUT2D eigenvalue weighted by molar-refractivity contribution is -0.384. The number of aromatic nitrogens is 2. The number of benzene rings is 3. The summed E-state index contributed by atoms with van der Waals surface area (Å²) in [6, 6.07) is 17.4. The zero-order chi connectivity index (χ0) is 23.8. The van der Waals surface area contributed by atoms with Crippen LogP contribution in [0.15, 0.2) is 69.9 Å². The van der Waals surface area contributed by atoms with E-state index in [9.17, 15) is 14.9 Å². The Bertz CT molecular complexity index is 1680. The Morgan fingerprint density at radius 2 is 2.00 bits per heavy atom. The number of hydrogen-bond donors (Lipinski definition) is 0. The zero-order valence-corrected chi connectivity index (χ0v) is 20.1. The highest BCUT2D eigenvalue weighted by atomic mass is 79.9. The summed E-state index contributed by atoms with van der Waals surface area (Å²) in [4.78, 5) is 28.8. The lowest BCUT2D eigenvalue weighted by atomic mass is 10.2. The van der Waals surface area contributed by atoms with Crippen LogP contribution in [0.1, 0.15) is 11.1 Å². The Morgan fingerprint density at radius 1 is 1.18 bits per heavy atom. The van der Waals surface area contributed by atoms with Gasteiger partial charge in [0.15, 0.2) is 16.5 Å². The molecule has 0 aliphatic rings. The summed E-state index contributed by atoms with van der Waals surface area (Å²) < 4.78 is 14.2. The number of non-ortho nitro benzene ring substituents is 1. The average molecular weight is 538 g/mol. The minimum Gasteiger partial charge on any atom is -0.493 e. The third-order valence-electron chi connectivity index (χ3n) is 5.20. The molecule has 0 bridgehead atoms. The van der Waals surface area contributed by atoms with Crippen molar-refractivity contribution >= 4 is 55.0 Å². The summed E-state index contributed by atoms with van der Waals surface area (Å²) >= 11 is 4.84. The number of nitrogens with zero attached hydrogens (tertiary/aromatic N) is 3. The smallest absolute Gasteiger partial charge is 0.274 e. The summed E-state index contributed by atoms with van der Waals surface area (Å²) in [7, 11) is 1.52. The minimum atomic E-state index is -0.445. The zero-order valence-electron chi connectivity index (χ0n) is 17.7. The van der Waals surface area contributed by atoms with Gasteiger partial charge in [0, 0.05) is 12.1 Å². The molecule has 170 valence electrons. The number of rotatable bonds is 6. The first-order chi connectivity index (χ1) is 16.4. The maximum atomic E-state index is 13.0. The molecule has 0 aliphatic heterocycles. The third kappa shape index (κ3) is 4.02. The van der Waals surface area contributed by atoms with Crippen molar-refractivity contribution in [3.63, 3.8) is 0 Å². The fourth-order valence-corrected chi connectivity index (χ4v) is 5.20. The van der Waals surface area contributed by atoms with Crippen LogP contribution in [0.4, 0.5) is 5.69 Å². The molecule has 2 aromatic heterocycles. The molecule has 0 fully saturated rings. The molecule has 0 atom stereocenters. The van der Waals surface area contributed by atoms with Crippen LogP contribution < -0.4 is 19.6 Å². The van der Waals surface area contributed by atoms with Crippen molar-refractivity contribution in [1.82, 2.24) is 9.38 Å². The molecular weight excluding hydrogens is 522 g/mol. The van der Waals surface area contributed by atoms with Crippen molar-refractivity contribution in [2.24, 2.45) is 0 Å². The van der Waals surface area contributed by atoms with Crippen LogP contribution in [0, 0.1) is 10.1 Å². The van der Waals surface area contributed by atoms with E-state index in [2.05, 4.69) is 20.9 Å². The van der Waals surface area contributed by atoms with Gasteiger partial charge in [-0.15, -0.1) is 0 Å². The monoisotopic (exact) mass is 537 g/mol. The van der Waals surface area contributed by atoms with Crippen LogP contribution in [0.25, 0.3) is 22.1 Å². The van der Waals surface area contributed by atoms with E-state index in [4.69, 9.17) is 9.47 Å². The van der Waals surface area contributed by atoms with Crippen molar-refractivity contribution in [3.8, 4) is 11.5 Å². The number of nitro benzene ring substituents is 1. The number of imidazole rings is 1. The molecule has 0 N–H and O–H groups in total. The highest BCUT2D eigenvalue weighted by Crippen LogP contribution is 2.37. The molecular formula is C24H16BrN3O5S. The number of methoxy groups -OCH3 is 1. The van der Waals surface area contributed by atoms with Crippen molar-refractivity contribution in [3.05, 3.63) is 101 Å². The molecule has 0 radical (unpaired) electrons. The molecule has 5 rings (SSSR count). The highest BCUT2D eigenvalue weighted by Gasteiger charge is 2.14. The molecule has 0 saturated carbocycles. The largest absolute Gasteiger partial charge is 0.493 e. The molecule has 0 aliphatic carbocycles. The summed E-state index contributed by atoms with van der Waals surface area (Å²) in [5.41, 5.74) is 2.84. The standard InChI is InChI=1S/C24H16BrN3O5S/c1-32-20-11-15(10-17(25)22(20)33-13-14-5-4-6-16(9-14)28(30)31)12-21-23(29)27-19-8-3-2-7-18(19)26-24(27)34-21/h2-12H,13H2,1H3/b21-12-. The van der Waals surface area contributed by atoms with Crippen molar-refractivity contribution in [2.75, 3.05) is 7.11 Å². The number of thiazole rings is 1. The van der Waals surface area contributed by atoms with Crippen LogP contribution >= 0.6 is 27.3 Å². The van der Waals surface area contributed by atoms with Gasteiger partial charge in [-0.3, -0.25) is 14.9 Å². The highest BCUT2D eigenvalue weighted by molar-refractivity contribution is 9.10. The SMILES string of the molecule is COc1cc(/C=c2\sc3nc4ccccc4n3c2=O)cc(Br)c1OCc1cccc([N+](=O)[O-])c1. The summed E-state index contributed by atoms with van der Waals surface area (Å²) in [5, 5.41) is 11.0. The van der Waals surface area contributed by atoms with E-state index in [-0.39, 0.29) is 17.9 Å². The van der Waals surface area contributed by atoms with Crippen molar-refractivity contribution in [2.45, 2.75) is 6.61 Å².